The number of nitrogens with zero attached hydrogens (tertiary/aromatic N) is 1. The summed E-state index contributed by atoms with van der Waals surface area (Å²) in [4.78, 5) is 2.71. The van der Waals surface area contributed by atoms with E-state index in [4.69, 9.17) is 0 Å². The van der Waals surface area contributed by atoms with Crippen LogP contribution in [-0.2, 0) is 11.5 Å². The van der Waals surface area contributed by atoms with Crippen LogP contribution in [0.4, 0.5) is 18.9 Å². The first-order valence-corrected chi connectivity index (χ1v) is 8.37. The van der Waals surface area contributed by atoms with E-state index in [0.29, 0.717) is 10.9 Å². The summed E-state index contributed by atoms with van der Waals surface area (Å²) in [5.74, 6) is 0. The summed E-state index contributed by atoms with van der Waals surface area (Å²) in [5.41, 5.74) is 0.224. The highest BCUT2D eigenvalue weighted by Crippen LogP contribution is 2.40. The lowest BCUT2D eigenvalue weighted by Gasteiger charge is -2.29. The molecule has 0 saturated heterocycles. The number of rotatable bonds is 4. The van der Waals surface area contributed by atoms with Crippen molar-refractivity contribution in [3.8, 4) is 0 Å². The third-order valence-electron chi connectivity index (χ3n) is 3.44. The Balaban J connectivity index is 2.43. The van der Waals surface area contributed by atoms with Crippen LogP contribution in [0, 0.1) is 0 Å². The van der Waals surface area contributed by atoms with Gasteiger partial charge in [0.15, 0.2) is 0 Å². The Labute approximate surface area is 134 Å². The van der Waals surface area contributed by atoms with Crippen molar-refractivity contribution < 1.29 is 13.2 Å². The smallest absolute Gasteiger partial charge is 0.367 e. The Morgan fingerprint density at radius 3 is 2.52 bits per heavy atom. The van der Waals surface area contributed by atoms with Gasteiger partial charge in [0.05, 0.1) is 11.6 Å². The van der Waals surface area contributed by atoms with E-state index < -0.39 is 11.7 Å². The second-order valence-electron chi connectivity index (χ2n) is 4.79. The minimum atomic E-state index is -4.36. The van der Waals surface area contributed by atoms with Gasteiger partial charge in [-0.3, -0.25) is 0 Å². The maximum absolute atomic E-state index is 13.3. The normalized spacial score (nSPS) is 13.2. The molecule has 0 radical (unpaired) electrons. The maximum atomic E-state index is 13.3. The summed E-state index contributed by atoms with van der Waals surface area (Å²) in [7, 11) is 1.70. The molecule has 1 unspecified atom stereocenters. The van der Waals surface area contributed by atoms with Crippen LogP contribution >= 0.6 is 27.3 Å². The van der Waals surface area contributed by atoms with Crippen LogP contribution in [-0.4, -0.2) is 7.05 Å². The van der Waals surface area contributed by atoms with E-state index in [1.165, 1.54) is 6.07 Å². The van der Waals surface area contributed by atoms with Gasteiger partial charge in [-0.25, -0.2) is 0 Å². The molecule has 1 atom stereocenters. The summed E-state index contributed by atoms with van der Waals surface area (Å²) in [6.07, 6.45) is -4.36. The molecule has 114 valence electrons. The second-order valence-corrected chi connectivity index (χ2v) is 6.33. The molecule has 0 aliphatic carbocycles. The highest BCUT2D eigenvalue weighted by atomic mass is 79.9. The predicted molar refractivity (Wildman–Crippen MR) is 85.2 cm³/mol. The van der Waals surface area contributed by atoms with Gasteiger partial charge >= 0.3 is 6.18 Å². The number of alkyl halides is 4. The molecule has 0 aliphatic heterocycles. The third kappa shape index (κ3) is 3.61. The van der Waals surface area contributed by atoms with Gasteiger partial charge in [0.25, 0.3) is 0 Å². The van der Waals surface area contributed by atoms with E-state index >= 15 is 0 Å². The van der Waals surface area contributed by atoms with Crippen LogP contribution in [0.25, 0.3) is 0 Å². The van der Waals surface area contributed by atoms with Crippen LogP contribution in [0.5, 0.6) is 0 Å². The Kier molecular flexibility index (Phi) is 4.99. The molecule has 1 heterocycles. The van der Waals surface area contributed by atoms with Gasteiger partial charge < -0.3 is 4.90 Å². The predicted octanol–water partition coefficient (Wildman–Crippen LogP) is 5.86. The molecule has 0 fully saturated rings. The van der Waals surface area contributed by atoms with E-state index in [2.05, 4.69) is 15.9 Å². The van der Waals surface area contributed by atoms with E-state index in [-0.39, 0.29) is 11.7 Å². The first-order chi connectivity index (χ1) is 9.84. The first-order valence-electron chi connectivity index (χ1n) is 6.37. The van der Waals surface area contributed by atoms with Crippen molar-refractivity contribution >= 4 is 33.0 Å². The largest absolute Gasteiger partial charge is 0.418 e. The van der Waals surface area contributed by atoms with Gasteiger partial charge in [-0.15, -0.1) is 11.3 Å². The molecule has 2 rings (SSSR count). The molecule has 1 nitrogen and oxygen atoms in total. The number of anilines is 1. The lowest BCUT2D eigenvalue weighted by atomic mass is 10.1. The second kappa shape index (κ2) is 6.40. The summed E-state index contributed by atoms with van der Waals surface area (Å²) in [6.45, 7) is 1.91. The maximum Gasteiger partial charge on any atom is 0.418 e. The van der Waals surface area contributed by atoms with Crippen LogP contribution in [0.3, 0.4) is 0 Å². The zero-order chi connectivity index (χ0) is 15.6. The zero-order valence-electron chi connectivity index (χ0n) is 11.6. The van der Waals surface area contributed by atoms with Crippen molar-refractivity contribution in [2.45, 2.75) is 24.5 Å². The number of halogens is 4. The van der Waals surface area contributed by atoms with Crippen molar-refractivity contribution in [2.24, 2.45) is 0 Å². The lowest BCUT2D eigenvalue weighted by Crippen LogP contribution is -2.24. The summed E-state index contributed by atoms with van der Waals surface area (Å²) in [5, 5.41) is 2.33. The van der Waals surface area contributed by atoms with Crippen molar-refractivity contribution in [3.63, 3.8) is 0 Å². The molecule has 6 heteroatoms. The van der Waals surface area contributed by atoms with E-state index in [9.17, 15) is 13.2 Å². The van der Waals surface area contributed by atoms with E-state index in [0.717, 1.165) is 4.88 Å². The topological polar surface area (TPSA) is 3.24 Å². The van der Waals surface area contributed by atoms with Crippen LogP contribution < -0.4 is 4.90 Å². The molecule has 21 heavy (non-hydrogen) atoms. The van der Waals surface area contributed by atoms with Crippen LogP contribution in [0.1, 0.15) is 29.0 Å². The molecule has 0 saturated carbocycles. The number of hydrogen-bond donors (Lipinski definition) is 0. The Hall–Kier alpha value is -1.01. The zero-order valence-corrected chi connectivity index (χ0v) is 14.0. The molecule has 0 amide bonds. The standard InChI is InChI=1S/C15H15BrF3NS/c1-10(14-4-3-7-21-14)20(2)13-6-5-11(9-16)8-12(13)15(17,18)19/h3-8,10H,9H2,1-2H3. The minimum Gasteiger partial charge on any atom is -0.367 e. The van der Waals surface area contributed by atoms with Gasteiger partial charge in [0, 0.05) is 22.9 Å². The lowest BCUT2D eigenvalue weighted by molar-refractivity contribution is -0.137. The fourth-order valence-corrected chi connectivity index (χ4v) is 3.30. The van der Waals surface area contributed by atoms with Crippen LogP contribution in [0.2, 0.25) is 0 Å². The van der Waals surface area contributed by atoms with E-state index in [1.807, 2.05) is 24.4 Å². The van der Waals surface area contributed by atoms with Crippen LogP contribution in [0.15, 0.2) is 35.7 Å². The van der Waals surface area contributed by atoms with Gasteiger partial charge in [-0.1, -0.05) is 28.1 Å². The number of hydrogen-bond acceptors (Lipinski definition) is 2. The SMILES string of the molecule is CC(c1cccs1)N(C)c1ccc(CBr)cc1C(F)(F)F. The number of thiophene rings is 1. The molecular formula is C15H15BrF3NS. The molecule has 0 aliphatic rings. The Morgan fingerprint density at radius 1 is 1.29 bits per heavy atom. The van der Waals surface area contributed by atoms with E-state index in [1.54, 1.807) is 35.4 Å². The van der Waals surface area contributed by atoms with Crippen molar-refractivity contribution in [1.82, 2.24) is 0 Å². The molecule has 0 bridgehead atoms. The van der Waals surface area contributed by atoms with Gasteiger partial charge in [0.1, 0.15) is 0 Å². The minimum absolute atomic E-state index is 0.110. The average molecular weight is 378 g/mol. The Bertz CT molecular complexity index is 595. The Morgan fingerprint density at radius 2 is 2.00 bits per heavy atom. The van der Waals surface area contributed by atoms with Gasteiger partial charge in [-0.2, -0.15) is 13.2 Å². The molecule has 2 aromatic rings. The first kappa shape index (κ1) is 16.4. The highest BCUT2D eigenvalue weighted by Gasteiger charge is 2.35. The van der Waals surface area contributed by atoms with Crippen molar-refractivity contribution in [3.05, 3.63) is 51.7 Å². The average Bonchev–Trinajstić information content (AvgIpc) is 2.98. The summed E-state index contributed by atoms with van der Waals surface area (Å²) < 4.78 is 39.9. The molecule has 0 spiro atoms. The van der Waals surface area contributed by atoms with Crippen molar-refractivity contribution in [1.29, 1.82) is 0 Å². The fourth-order valence-electron chi connectivity index (χ4n) is 2.13. The fraction of sp³-hybridized carbons (Fsp3) is 0.333. The number of benzene rings is 1. The summed E-state index contributed by atoms with van der Waals surface area (Å²) in [6, 6.07) is 8.21. The molecule has 1 aromatic heterocycles. The quantitative estimate of drug-likeness (QED) is 0.603. The highest BCUT2D eigenvalue weighted by molar-refractivity contribution is 9.08. The van der Waals surface area contributed by atoms with Crippen molar-refractivity contribution in [2.75, 3.05) is 11.9 Å². The monoisotopic (exact) mass is 377 g/mol. The van der Waals surface area contributed by atoms with Gasteiger partial charge in [-0.05, 0) is 36.1 Å². The molecule has 1 aromatic carbocycles. The van der Waals surface area contributed by atoms with Gasteiger partial charge in [0.2, 0.25) is 0 Å². The third-order valence-corrected chi connectivity index (χ3v) is 5.13. The molecular weight excluding hydrogens is 363 g/mol. The summed E-state index contributed by atoms with van der Waals surface area (Å²) >= 11 is 4.75. The molecule has 0 N–H and O–H groups in total.